The van der Waals surface area contributed by atoms with E-state index in [2.05, 4.69) is 30.3 Å². The molecule has 2 aromatic rings. The number of likely N-dealkylation sites (tertiary alicyclic amines) is 1. The first-order valence-corrected chi connectivity index (χ1v) is 11.6. The second kappa shape index (κ2) is 10.8. The zero-order valence-electron chi connectivity index (χ0n) is 19.0. The summed E-state index contributed by atoms with van der Waals surface area (Å²) in [6, 6.07) is 4.61. The normalized spacial score (nSPS) is 27.1. The summed E-state index contributed by atoms with van der Waals surface area (Å²) in [5, 5.41) is 18.3. The van der Waals surface area contributed by atoms with Crippen molar-refractivity contribution < 1.29 is 19.1 Å². The average Bonchev–Trinajstić information content (AvgIpc) is 3.24. The molecule has 178 valence electrons. The maximum absolute atomic E-state index is 12.6. The van der Waals surface area contributed by atoms with Crippen LogP contribution in [0.4, 0.5) is 0 Å². The van der Waals surface area contributed by atoms with Gasteiger partial charge in [-0.15, -0.1) is 10.2 Å². The highest BCUT2D eigenvalue weighted by Crippen LogP contribution is 2.41. The van der Waals surface area contributed by atoms with Gasteiger partial charge in [0.1, 0.15) is 0 Å². The minimum atomic E-state index is -0.250. The Morgan fingerprint density at radius 1 is 1.30 bits per heavy atom. The van der Waals surface area contributed by atoms with Gasteiger partial charge in [0.2, 0.25) is 11.8 Å². The van der Waals surface area contributed by atoms with E-state index in [1.807, 2.05) is 13.0 Å². The van der Waals surface area contributed by atoms with Crippen molar-refractivity contribution in [2.45, 2.75) is 51.2 Å². The summed E-state index contributed by atoms with van der Waals surface area (Å²) in [5.41, 5.74) is 0.624. The molecule has 10 nitrogen and oxygen atoms in total. The monoisotopic (exact) mass is 456 g/mol. The summed E-state index contributed by atoms with van der Waals surface area (Å²) in [7, 11) is 0. The molecule has 2 N–H and O–H groups in total. The van der Waals surface area contributed by atoms with Crippen molar-refractivity contribution >= 4 is 12.4 Å². The van der Waals surface area contributed by atoms with Crippen LogP contribution in [-0.2, 0) is 11.3 Å². The van der Waals surface area contributed by atoms with Gasteiger partial charge in [0, 0.05) is 51.0 Å². The van der Waals surface area contributed by atoms with Crippen molar-refractivity contribution in [3.05, 3.63) is 41.9 Å². The van der Waals surface area contributed by atoms with Crippen LogP contribution in [0.3, 0.4) is 0 Å². The van der Waals surface area contributed by atoms with Crippen molar-refractivity contribution in [3.8, 4) is 0 Å². The van der Waals surface area contributed by atoms with Crippen molar-refractivity contribution in [1.82, 2.24) is 30.3 Å². The molecule has 0 aliphatic carbocycles. The largest absolute Gasteiger partial charge is 0.483 e. The molecule has 0 saturated carbocycles. The number of nitrogens with one attached hydrogen (secondary N) is 1. The van der Waals surface area contributed by atoms with Crippen LogP contribution in [0.1, 0.15) is 47.8 Å². The Hall–Kier alpha value is -2.85. The summed E-state index contributed by atoms with van der Waals surface area (Å²) in [6.07, 6.45) is 8.39. The molecule has 5 rings (SSSR count). The Morgan fingerprint density at radius 2 is 2.12 bits per heavy atom. The number of hydrogen-bond acceptors (Lipinski definition) is 8. The van der Waals surface area contributed by atoms with Gasteiger partial charge in [-0.1, -0.05) is 6.42 Å². The first-order chi connectivity index (χ1) is 16.1. The fourth-order valence-corrected chi connectivity index (χ4v) is 5.80. The van der Waals surface area contributed by atoms with E-state index in [0.717, 1.165) is 26.2 Å². The number of amides is 1. The van der Waals surface area contributed by atoms with E-state index in [1.165, 1.54) is 25.7 Å². The highest BCUT2D eigenvalue weighted by Gasteiger charge is 2.47. The van der Waals surface area contributed by atoms with Crippen LogP contribution in [0.2, 0.25) is 0 Å². The van der Waals surface area contributed by atoms with E-state index in [4.69, 9.17) is 14.3 Å². The average molecular weight is 457 g/mol. The van der Waals surface area contributed by atoms with Gasteiger partial charge in [-0.25, -0.2) is 0 Å². The zero-order chi connectivity index (χ0) is 23.2. The van der Waals surface area contributed by atoms with E-state index in [0.29, 0.717) is 47.8 Å². The molecule has 4 atom stereocenters. The summed E-state index contributed by atoms with van der Waals surface area (Å²) in [5.74, 6) is 2.51. The molecular formula is C23H32N6O4. The molecule has 0 aromatic carbocycles. The third-order valence-corrected chi connectivity index (χ3v) is 7.02. The standard InChI is InChI=1S/C22H30N6O2.CH2O2/c1-15-25-26-21(30-15)14-27-12-17-9-18(13-27)20(28-8-3-2-6-19(17)28)11-24-22(29)16-5-4-7-23-10-16;2-1-3/h4-5,7,10,17-20H,2-3,6,8-9,11-14H2,1H3,(H,24,29);1H,(H,2,3)/t17-,18+,19+,20+;/m1./s1. The fraction of sp³-hybridized carbons (Fsp3) is 0.609. The molecule has 0 unspecified atom stereocenters. The fourth-order valence-electron chi connectivity index (χ4n) is 5.80. The van der Waals surface area contributed by atoms with Gasteiger partial charge in [-0.3, -0.25) is 24.4 Å². The number of aromatic nitrogens is 3. The van der Waals surface area contributed by atoms with Gasteiger partial charge in [0.25, 0.3) is 12.4 Å². The number of piperidine rings is 3. The van der Waals surface area contributed by atoms with Gasteiger partial charge in [-0.2, -0.15) is 0 Å². The number of aryl methyl sites for hydroxylation is 1. The first kappa shape index (κ1) is 23.3. The van der Waals surface area contributed by atoms with Gasteiger partial charge in [-0.05, 0) is 49.8 Å². The lowest BCUT2D eigenvalue weighted by Gasteiger charge is -2.56. The molecule has 33 heavy (non-hydrogen) atoms. The Balaban J connectivity index is 0.000000821. The SMILES string of the molecule is Cc1nnc(CN2C[C@H]3C[C@@H](C2)[C@H](CNC(=O)c2cccnc2)N2CCCC[C@@H]32)o1.O=CO. The Labute approximate surface area is 193 Å². The number of carbonyl (C=O) groups excluding carboxylic acids is 1. The quantitative estimate of drug-likeness (QED) is 0.645. The molecular weight excluding hydrogens is 424 g/mol. The third-order valence-electron chi connectivity index (χ3n) is 7.02. The predicted octanol–water partition coefficient (Wildman–Crippen LogP) is 1.58. The number of hydrogen-bond donors (Lipinski definition) is 2. The number of carboxylic acid groups (broad SMARTS) is 1. The van der Waals surface area contributed by atoms with Gasteiger partial charge < -0.3 is 14.8 Å². The first-order valence-electron chi connectivity index (χ1n) is 11.6. The van der Waals surface area contributed by atoms with Crippen LogP contribution < -0.4 is 5.32 Å². The topological polar surface area (TPSA) is 125 Å². The highest BCUT2D eigenvalue weighted by atomic mass is 16.4. The molecule has 10 heteroatoms. The molecule has 2 bridgehead atoms. The summed E-state index contributed by atoms with van der Waals surface area (Å²) in [4.78, 5) is 30.2. The van der Waals surface area contributed by atoms with E-state index in [1.54, 1.807) is 18.5 Å². The lowest BCUT2D eigenvalue weighted by atomic mass is 9.72. The molecule has 5 heterocycles. The number of carbonyl (C=O) groups is 2. The number of nitrogens with zero attached hydrogens (tertiary/aromatic N) is 5. The maximum atomic E-state index is 12.6. The molecule has 3 aliphatic rings. The molecule has 3 saturated heterocycles. The third kappa shape index (κ3) is 5.56. The number of fused-ring (bicyclic) bond motifs is 4. The van der Waals surface area contributed by atoms with Crippen LogP contribution in [-0.4, -0.2) is 80.7 Å². The van der Waals surface area contributed by atoms with Crippen LogP contribution in [0.5, 0.6) is 0 Å². The Kier molecular flexibility index (Phi) is 7.66. The molecule has 3 aliphatic heterocycles. The van der Waals surface area contributed by atoms with Crippen molar-refractivity contribution in [2.24, 2.45) is 11.8 Å². The second-order valence-electron chi connectivity index (χ2n) is 9.09. The van der Waals surface area contributed by atoms with E-state index >= 15 is 0 Å². The van der Waals surface area contributed by atoms with Crippen molar-refractivity contribution in [1.29, 1.82) is 0 Å². The van der Waals surface area contributed by atoms with Crippen LogP contribution in [0.25, 0.3) is 0 Å². The van der Waals surface area contributed by atoms with Crippen molar-refractivity contribution in [3.63, 3.8) is 0 Å². The van der Waals surface area contributed by atoms with Gasteiger partial charge >= 0.3 is 0 Å². The molecule has 1 amide bonds. The summed E-state index contributed by atoms with van der Waals surface area (Å²) >= 11 is 0. The summed E-state index contributed by atoms with van der Waals surface area (Å²) in [6.45, 7) is 6.24. The minimum Gasteiger partial charge on any atom is -0.483 e. The second-order valence-corrected chi connectivity index (χ2v) is 9.09. The van der Waals surface area contributed by atoms with E-state index < -0.39 is 0 Å². The predicted molar refractivity (Wildman–Crippen MR) is 119 cm³/mol. The van der Waals surface area contributed by atoms with E-state index in [9.17, 15) is 4.79 Å². The lowest BCUT2D eigenvalue weighted by molar-refractivity contribution is -0.122. The van der Waals surface area contributed by atoms with Crippen LogP contribution in [0.15, 0.2) is 28.9 Å². The van der Waals surface area contributed by atoms with Crippen LogP contribution in [0, 0.1) is 18.8 Å². The van der Waals surface area contributed by atoms with Gasteiger partial charge in [0.05, 0.1) is 12.1 Å². The Bertz CT molecular complexity index is 923. The molecule has 0 radical (unpaired) electrons. The Morgan fingerprint density at radius 3 is 2.85 bits per heavy atom. The smallest absolute Gasteiger partial charge is 0.290 e. The zero-order valence-corrected chi connectivity index (χ0v) is 19.0. The molecule has 0 spiro atoms. The van der Waals surface area contributed by atoms with Crippen molar-refractivity contribution in [2.75, 3.05) is 26.2 Å². The highest BCUT2D eigenvalue weighted by molar-refractivity contribution is 5.93. The van der Waals surface area contributed by atoms with Crippen LogP contribution >= 0.6 is 0 Å². The van der Waals surface area contributed by atoms with Gasteiger partial charge in [0.15, 0.2) is 0 Å². The minimum absolute atomic E-state index is 0.0345. The number of rotatable bonds is 5. The number of pyridine rings is 1. The lowest BCUT2D eigenvalue weighted by Crippen LogP contribution is -2.65. The summed E-state index contributed by atoms with van der Waals surface area (Å²) < 4.78 is 5.63. The van der Waals surface area contributed by atoms with E-state index in [-0.39, 0.29) is 12.4 Å². The molecule has 2 aromatic heterocycles. The maximum Gasteiger partial charge on any atom is 0.290 e. The molecule has 3 fully saturated rings.